The number of carbonyl (C=O) groups is 1. The quantitative estimate of drug-likeness (QED) is 0.687. The van der Waals surface area contributed by atoms with Crippen LogP contribution in [0.4, 0.5) is 0 Å². The Balaban J connectivity index is 1.77. The van der Waals surface area contributed by atoms with Crippen molar-refractivity contribution in [2.45, 2.75) is 20.4 Å². The lowest BCUT2D eigenvalue weighted by Crippen LogP contribution is -2.22. The molecule has 0 bridgehead atoms. The van der Waals surface area contributed by atoms with Crippen LogP contribution in [-0.2, 0) is 6.54 Å². The number of benzene rings is 2. The van der Waals surface area contributed by atoms with E-state index in [9.17, 15) is 4.79 Å². The molecule has 27 heavy (non-hydrogen) atoms. The van der Waals surface area contributed by atoms with Gasteiger partial charge >= 0.3 is 0 Å². The van der Waals surface area contributed by atoms with E-state index < -0.39 is 0 Å². The van der Waals surface area contributed by atoms with Crippen LogP contribution in [0.1, 0.15) is 26.5 Å². The molecule has 1 amide bonds. The predicted octanol–water partition coefficient (Wildman–Crippen LogP) is 4.37. The molecule has 140 valence electrons. The van der Waals surface area contributed by atoms with Gasteiger partial charge in [0.25, 0.3) is 5.91 Å². The van der Waals surface area contributed by atoms with Gasteiger partial charge in [-0.05, 0) is 37.6 Å². The highest BCUT2D eigenvalue weighted by molar-refractivity contribution is 7.17. The number of hydrogen-bond donors (Lipinski definition) is 1. The first kappa shape index (κ1) is 18.9. The van der Waals surface area contributed by atoms with Crippen molar-refractivity contribution < 1.29 is 14.3 Å². The van der Waals surface area contributed by atoms with E-state index in [1.165, 1.54) is 16.9 Å². The molecule has 1 N–H and O–H groups in total. The van der Waals surface area contributed by atoms with E-state index in [0.29, 0.717) is 28.6 Å². The molecule has 0 aliphatic rings. The maximum Gasteiger partial charge on any atom is 0.263 e. The Hall–Kier alpha value is -2.86. The summed E-state index contributed by atoms with van der Waals surface area (Å²) in [6, 6.07) is 13.7. The van der Waals surface area contributed by atoms with Gasteiger partial charge in [0.05, 0.1) is 19.9 Å². The standard InChI is InChI=1S/C21H22N2O3S/c1-13-5-7-15(8-6-13)12-22-20(24)19-14(2)23-21(27-19)16-9-10-17(25-3)18(11-16)26-4/h5-11H,12H2,1-4H3,(H,22,24). The highest BCUT2D eigenvalue weighted by atomic mass is 32.1. The fraction of sp³-hybridized carbons (Fsp3) is 0.238. The smallest absolute Gasteiger partial charge is 0.263 e. The Morgan fingerprint density at radius 2 is 1.74 bits per heavy atom. The third-order valence-corrected chi connectivity index (χ3v) is 5.41. The zero-order valence-corrected chi connectivity index (χ0v) is 16.6. The van der Waals surface area contributed by atoms with E-state index in [1.807, 2.05) is 56.3 Å². The first-order valence-electron chi connectivity index (χ1n) is 8.55. The molecule has 1 aromatic heterocycles. The van der Waals surface area contributed by atoms with Crippen LogP contribution in [0.5, 0.6) is 11.5 Å². The number of ether oxygens (including phenoxy) is 2. The monoisotopic (exact) mass is 382 g/mol. The van der Waals surface area contributed by atoms with Crippen LogP contribution >= 0.6 is 11.3 Å². The zero-order valence-electron chi connectivity index (χ0n) is 15.8. The largest absolute Gasteiger partial charge is 0.493 e. The predicted molar refractivity (Wildman–Crippen MR) is 108 cm³/mol. The average molecular weight is 382 g/mol. The molecular weight excluding hydrogens is 360 g/mol. The molecule has 0 saturated carbocycles. The SMILES string of the molecule is COc1ccc(-c2nc(C)c(C(=O)NCc3ccc(C)cc3)s2)cc1OC. The third-order valence-electron chi connectivity index (χ3n) is 4.21. The lowest BCUT2D eigenvalue weighted by atomic mass is 10.1. The van der Waals surface area contributed by atoms with E-state index in [0.717, 1.165) is 16.1 Å². The van der Waals surface area contributed by atoms with E-state index in [2.05, 4.69) is 10.3 Å². The van der Waals surface area contributed by atoms with Crippen molar-refractivity contribution in [1.29, 1.82) is 0 Å². The Labute approximate surface area is 163 Å². The first-order chi connectivity index (χ1) is 13.0. The lowest BCUT2D eigenvalue weighted by Gasteiger charge is -2.08. The number of carbonyl (C=O) groups excluding carboxylic acids is 1. The second kappa shape index (κ2) is 8.22. The number of methoxy groups -OCH3 is 2. The van der Waals surface area contributed by atoms with Crippen LogP contribution in [0.15, 0.2) is 42.5 Å². The molecule has 1 heterocycles. The minimum atomic E-state index is -0.114. The number of aromatic nitrogens is 1. The summed E-state index contributed by atoms with van der Waals surface area (Å²) < 4.78 is 10.6. The number of aryl methyl sites for hydroxylation is 2. The molecule has 3 aromatic rings. The van der Waals surface area contributed by atoms with Crippen LogP contribution in [-0.4, -0.2) is 25.1 Å². The summed E-state index contributed by atoms with van der Waals surface area (Å²) in [7, 11) is 3.19. The summed E-state index contributed by atoms with van der Waals surface area (Å²) >= 11 is 1.37. The topological polar surface area (TPSA) is 60.5 Å². The van der Waals surface area contributed by atoms with Gasteiger partial charge in [-0.2, -0.15) is 0 Å². The van der Waals surface area contributed by atoms with E-state index in [4.69, 9.17) is 9.47 Å². The highest BCUT2D eigenvalue weighted by Gasteiger charge is 2.17. The number of nitrogens with one attached hydrogen (secondary N) is 1. The fourth-order valence-corrected chi connectivity index (χ4v) is 3.65. The highest BCUT2D eigenvalue weighted by Crippen LogP contribution is 2.34. The fourth-order valence-electron chi connectivity index (χ4n) is 2.67. The van der Waals surface area contributed by atoms with Crippen molar-refractivity contribution in [2.75, 3.05) is 14.2 Å². The van der Waals surface area contributed by atoms with Crippen LogP contribution in [0.25, 0.3) is 10.6 Å². The van der Waals surface area contributed by atoms with Gasteiger partial charge in [-0.3, -0.25) is 4.79 Å². The second-order valence-corrected chi connectivity index (χ2v) is 7.17. The maximum absolute atomic E-state index is 12.6. The van der Waals surface area contributed by atoms with Crippen molar-refractivity contribution >= 4 is 17.2 Å². The number of hydrogen-bond acceptors (Lipinski definition) is 5. The van der Waals surface area contributed by atoms with Gasteiger partial charge in [0, 0.05) is 12.1 Å². The molecular formula is C21H22N2O3S. The summed E-state index contributed by atoms with van der Waals surface area (Å²) in [5.74, 6) is 1.18. The van der Waals surface area contributed by atoms with E-state index in [1.54, 1.807) is 14.2 Å². The van der Waals surface area contributed by atoms with Crippen molar-refractivity contribution in [2.24, 2.45) is 0 Å². The average Bonchev–Trinajstić information content (AvgIpc) is 3.08. The molecule has 3 rings (SSSR count). The van der Waals surface area contributed by atoms with Gasteiger partial charge in [0.2, 0.25) is 0 Å². The molecule has 0 atom stereocenters. The van der Waals surface area contributed by atoms with Crippen LogP contribution in [0.2, 0.25) is 0 Å². The molecule has 0 unspecified atom stereocenters. The molecule has 0 fully saturated rings. The van der Waals surface area contributed by atoms with Gasteiger partial charge in [-0.1, -0.05) is 29.8 Å². The second-order valence-electron chi connectivity index (χ2n) is 6.17. The molecule has 2 aromatic carbocycles. The number of thiazole rings is 1. The summed E-state index contributed by atoms with van der Waals surface area (Å²) in [4.78, 5) is 17.8. The molecule has 0 saturated heterocycles. The molecule has 0 aliphatic carbocycles. The number of rotatable bonds is 6. The van der Waals surface area contributed by atoms with E-state index in [-0.39, 0.29) is 5.91 Å². The van der Waals surface area contributed by atoms with Crippen molar-refractivity contribution in [3.8, 4) is 22.1 Å². The van der Waals surface area contributed by atoms with Gasteiger partial charge in [0.15, 0.2) is 11.5 Å². The van der Waals surface area contributed by atoms with Crippen LogP contribution < -0.4 is 14.8 Å². The minimum Gasteiger partial charge on any atom is -0.493 e. The maximum atomic E-state index is 12.6. The normalized spacial score (nSPS) is 10.5. The molecule has 0 aliphatic heterocycles. The summed E-state index contributed by atoms with van der Waals surface area (Å²) in [5.41, 5.74) is 3.86. The van der Waals surface area contributed by atoms with Crippen molar-refractivity contribution in [1.82, 2.24) is 10.3 Å². The Kier molecular flexibility index (Phi) is 5.76. The third kappa shape index (κ3) is 4.28. The van der Waals surface area contributed by atoms with Gasteiger partial charge in [0.1, 0.15) is 9.88 Å². The van der Waals surface area contributed by atoms with Crippen LogP contribution in [0, 0.1) is 13.8 Å². The molecule has 0 radical (unpaired) electrons. The van der Waals surface area contributed by atoms with E-state index >= 15 is 0 Å². The Bertz CT molecular complexity index is 949. The number of amides is 1. The number of nitrogens with zero attached hydrogens (tertiary/aromatic N) is 1. The zero-order chi connectivity index (χ0) is 19.4. The van der Waals surface area contributed by atoms with Crippen LogP contribution in [0.3, 0.4) is 0 Å². The molecule has 0 spiro atoms. The van der Waals surface area contributed by atoms with Crippen molar-refractivity contribution in [3.63, 3.8) is 0 Å². The lowest BCUT2D eigenvalue weighted by molar-refractivity contribution is 0.0954. The van der Waals surface area contributed by atoms with Gasteiger partial charge in [-0.15, -0.1) is 11.3 Å². The molecule has 6 heteroatoms. The first-order valence-corrected chi connectivity index (χ1v) is 9.37. The summed E-state index contributed by atoms with van der Waals surface area (Å²) in [6.45, 7) is 4.38. The Morgan fingerprint density at radius 1 is 1.04 bits per heavy atom. The Morgan fingerprint density at radius 3 is 2.41 bits per heavy atom. The van der Waals surface area contributed by atoms with Crippen molar-refractivity contribution in [3.05, 3.63) is 64.2 Å². The summed E-state index contributed by atoms with van der Waals surface area (Å²) in [5, 5.41) is 3.74. The van der Waals surface area contributed by atoms with Gasteiger partial charge in [-0.25, -0.2) is 4.98 Å². The van der Waals surface area contributed by atoms with Gasteiger partial charge < -0.3 is 14.8 Å². The summed E-state index contributed by atoms with van der Waals surface area (Å²) in [6.07, 6.45) is 0. The molecule has 5 nitrogen and oxygen atoms in total. The minimum absolute atomic E-state index is 0.114.